The van der Waals surface area contributed by atoms with Crippen molar-refractivity contribution < 1.29 is 4.74 Å². The topological polar surface area (TPSA) is 48.1 Å². The normalized spacial score (nSPS) is 10.5. The van der Waals surface area contributed by atoms with Gasteiger partial charge < -0.3 is 10.5 Å². The second-order valence-electron chi connectivity index (χ2n) is 4.47. The van der Waals surface area contributed by atoms with Gasteiger partial charge in [0.05, 0.1) is 11.7 Å². The Bertz CT molecular complexity index is 835. The number of hydrogen-bond acceptors (Lipinski definition) is 3. The molecular formula is C16H11BrN2OS. The molecule has 3 rings (SSSR count). The predicted molar refractivity (Wildman–Crippen MR) is 91.8 cm³/mol. The summed E-state index contributed by atoms with van der Waals surface area (Å²) in [5.74, 6) is 1.38. The van der Waals surface area contributed by atoms with Gasteiger partial charge >= 0.3 is 0 Å². The van der Waals surface area contributed by atoms with Crippen molar-refractivity contribution in [3.63, 3.8) is 0 Å². The molecular weight excluding hydrogens is 348 g/mol. The molecule has 2 N–H and O–H groups in total. The minimum Gasteiger partial charge on any atom is -0.456 e. The summed E-state index contributed by atoms with van der Waals surface area (Å²) in [5, 5.41) is 1.04. The van der Waals surface area contributed by atoms with E-state index in [0.29, 0.717) is 16.5 Å². The Balaban J connectivity index is 1.91. The Kier molecular flexibility index (Phi) is 3.86. The number of pyridine rings is 1. The minimum absolute atomic E-state index is 0.348. The predicted octanol–water partition coefficient (Wildman–Crippen LogP) is 4.42. The fourth-order valence-electron chi connectivity index (χ4n) is 2.00. The standard InChI is InChI=1S/C16H11BrN2OS/c17-14-8-11(5-6-13(14)16(18)21)20-12-7-10-3-1-2-4-15(10)19-9-12/h1-9H,(H2,18,21). The lowest BCUT2D eigenvalue weighted by atomic mass is 10.2. The third kappa shape index (κ3) is 3.04. The van der Waals surface area contributed by atoms with E-state index >= 15 is 0 Å². The van der Waals surface area contributed by atoms with Crippen LogP contribution in [0, 0.1) is 0 Å². The van der Waals surface area contributed by atoms with Crippen LogP contribution in [0.2, 0.25) is 0 Å². The fraction of sp³-hybridized carbons (Fsp3) is 0. The number of halogens is 1. The molecule has 0 aliphatic rings. The van der Waals surface area contributed by atoms with Crippen LogP contribution in [0.5, 0.6) is 11.5 Å². The van der Waals surface area contributed by atoms with Gasteiger partial charge in [-0.3, -0.25) is 4.98 Å². The molecule has 0 amide bonds. The van der Waals surface area contributed by atoms with Crippen LogP contribution in [0.4, 0.5) is 0 Å². The first-order valence-corrected chi connectivity index (χ1v) is 7.45. The van der Waals surface area contributed by atoms with Crippen molar-refractivity contribution in [1.29, 1.82) is 0 Å². The van der Waals surface area contributed by atoms with Gasteiger partial charge in [-0.2, -0.15) is 0 Å². The Morgan fingerprint density at radius 1 is 1.10 bits per heavy atom. The van der Waals surface area contributed by atoms with Gasteiger partial charge in [0.1, 0.15) is 16.5 Å². The molecule has 21 heavy (non-hydrogen) atoms. The molecule has 0 radical (unpaired) electrons. The van der Waals surface area contributed by atoms with Gasteiger partial charge in [-0.25, -0.2) is 0 Å². The van der Waals surface area contributed by atoms with E-state index in [0.717, 1.165) is 20.9 Å². The van der Waals surface area contributed by atoms with Crippen molar-refractivity contribution >= 4 is 44.0 Å². The first-order valence-electron chi connectivity index (χ1n) is 6.25. The largest absolute Gasteiger partial charge is 0.456 e. The van der Waals surface area contributed by atoms with Crippen LogP contribution in [-0.4, -0.2) is 9.97 Å². The van der Waals surface area contributed by atoms with Crippen molar-refractivity contribution in [3.8, 4) is 11.5 Å². The third-order valence-electron chi connectivity index (χ3n) is 3.01. The molecule has 5 heteroatoms. The Morgan fingerprint density at radius 2 is 1.90 bits per heavy atom. The van der Waals surface area contributed by atoms with Crippen molar-refractivity contribution in [2.75, 3.05) is 0 Å². The molecule has 1 aromatic heterocycles. The van der Waals surface area contributed by atoms with Crippen molar-refractivity contribution in [1.82, 2.24) is 4.98 Å². The number of aromatic nitrogens is 1. The minimum atomic E-state index is 0.348. The quantitative estimate of drug-likeness (QED) is 0.703. The zero-order valence-electron chi connectivity index (χ0n) is 10.9. The number of thiocarbonyl (C=S) groups is 1. The van der Waals surface area contributed by atoms with Gasteiger partial charge in [-0.05, 0) is 46.3 Å². The highest BCUT2D eigenvalue weighted by molar-refractivity contribution is 9.10. The summed E-state index contributed by atoms with van der Waals surface area (Å²) in [6.45, 7) is 0. The molecule has 1 heterocycles. The number of nitrogens with two attached hydrogens (primary N) is 1. The lowest BCUT2D eigenvalue weighted by Crippen LogP contribution is -2.09. The molecule has 0 unspecified atom stereocenters. The summed E-state index contributed by atoms with van der Waals surface area (Å²) in [7, 11) is 0. The number of fused-ring (bicyclic) bond motifs is 1. The monoisotopic (exact) mass is 358 g/mol. The van der Waals surface area contributed by atoms with E-state index in [-0.39, 0.29) is 0 Å². The van der Waals surface area contributed by atoms with E-state index < -0.39 is 0 Å². The van der Waals surface area contributed by atoms with E-state index in [1.165, 1.54) is 0 Å². The zero-order chi connectivity index (χ0) is 14.8. The molecule has 3 aromatic rings. The molecule has 0 spiro atoms. The molecule has 0 aliphatic heterocycles. The van der Waals surface area contributed by atoms with Crippen LogP contribution in [0.15, 0.2) is 59.2 Å². The van der Waals surface area contributed by atoms with E-state index in [2.05, 4.69) is 20.9 Å². The van der Waals surface area contributed by atoms with Gasteiger partial charge in [0, 0.05) is 15.4 Å². The van der Waals surface area contributed by atoms with Gasteiger partial charge in [0.15, 0.2) is 0 Å². The lowest BCUT2D eigenvalue weighted by Gasteiger charge is -2.09. The lowest BCUT2D eigenvalue weighted by molar-refractivity contribution is 0.481. The number of benzene rings is 2. The highest BCUT2D eigenvalue weighted by atomic mass is 79.9. The van der Waals surface area contributed by atoms with Crippen molar-refractivity contribution in [2.45, 2.75) is 0 Å². The van der Waals surface area contributed by atoms with Gasteiger partial charge in [-0.1, -0.05) is 30.4 Å². The fourth-order valence-corrected chi connectivity index (χ4v) is 2.88. The molecule has 0 bridgehead atoms. The number of ether oxygens (including phenoxy) is 1. The zero-order valence-corrected chi connectivity index (χ0v) is 13.3. The van der Waals surface area contributed by atoms with E-state index in [4.69, 9.17) is 22.7 Å². The van der Waals surface area contributed by atoms with Crippen molar-refractivity contribution in [3.05, 3.63) is 64.8 Å². The smallest absolute Gasteiger partial charge is 0.146 e. The van der Waals surface area contributed by atoms with E-state index in [1.54, 1.807) is 6.20 Å². The molecule has 0 atom stereocenters. The number of hydrogen-bond donors (Lipinski definition) is 1. The average molecular weight is 359 g/mol. The summed E-state index contributed by atoms with van der Waals surface area (Å²) in [6.07, 6.45) is 1.71. The van der Waals surface area contributed by atoms with E-state index in [9.17, 15) is 0 Å². The summed E-state index contributed by atoms with van der Waals surface area (Å²) in [6, 6.07) is 15.3. The average Bonchev–Trinajstić information content (AvgIpc) is 2.47. The maximum atomic E-state index is 5.83. The highest BCUT2D eigenvalue weighted by Gasteiger charge is 2.06. The first-order chi connectivity index (χ1) is 10.1. The summed E-state index contributed by atoms with van der Waals surface area (Å²) >= 11 is 8.41. The number of nitrogens with zero attached hydrogens (tertiary/aromatic N) is 1. The van der Waals surface area contributed by atoms with Crippen LogP contribution in [0.25, 0.3) is 10.9 Å². The summed E-state index contributed by atoms with van der Waals surface area (Å²) in [5.41, 5.74) is 7.36. The maximum absolute atomic E-state index is 5.83. The number of para-hydroxylation sites is 1. The van der Waals surface area contributed by atoms with Crippen LogP contribution >= 0.6 is 28.1 Å². The Morgan fingerprint density at radius 3 is 2.67 bits per heavy atom. The molecule has 0 fully saturated rings. The molecule has 3 nitrogen and oxygen atoms in total. The number of rotatable bonds is 3. The molecule has 0 saturated heterocycles. The van der Waals surface area contributed by atoms with Crippen LogP contribution in [-0.2, 0) is 0 Å². The second-order valence-corrected chi connectivity index (χ2v) is 5.77. The Labute approximate surface area is 135 Å². The van der Waals surface area contributed by atoms with Gasteiger partial charge in [-0.15, -0.1) is 0 Å². The van der Waals surface area contributed by atoms with Gasteiger partial charge in [0.2, 0.25) is 0 Å². The SMILES string of the molecule is NC(=S)c1ccc(Oc2cnc3ccccc3c2)cc1Br. The van der Waals surface area contributed by atoms with Crippen LogP contribution in [0.3, 0.4) is 0 Å². The second kappa shape index (κ2) is 5.79. The highest BCUT2D eigenvalue weighted by Crippen LogP contribution is 2.28. The molecule has 0 aliphatic carbocycles. The summed E-state index contributed by atoms with van der Waals surface area (Å²) < 4.78 is 6.63. The molecule has 104 valence electrons. The first kappa shape index (κ1) is 14.0. The third-order valence-corrected chi connectivity index (χ3v) is 3.88. The van der Waals surface area contributed by atoms with Crippen LogP contribution < -0.4 is 10.5 Å². The van der Waals surface area contributed by atoms with Crippen LogP contribution in [0.1, 0.15) is 5.56 Å². The Hall–Kier alpha value is -1.98. The molecule has 2 aromatic carbocycles. The summed E-state index contributed by atoms with van der Waals surface area (Å²) in [4.78, 5) is 4.72. The van der Waals surface area contributed by atoms with Crippen molar-refractivity contribution in [2.24, 2.45) is 5.73 Å². The maximum Gasteiger partial charge on any atom is 0.146 e. The van der Waals surface area contributed by atoms with Gasteiger partial charge in [0.25, 0.3) is 0 Å². The van der Waals surface area contributed by atoms with E-state index in [1.807, 2.05) is 48.5 Å². The molecule has 0 saturated carbocycles.